The van der Waals surface area contributed by atoms with E-state index >= 15 is 0 Å². The number of hydrogen-bond acceptors (Lipinski definition) is 7. The zero-order valence-corrected chi connectivity index (χ0v) is 12.7. The Morgan fingerprint density at radius 3 is 2.60 bits per heavy atom. The lowest BCUT2D eigenvalue weighted by Gasteiger charge is -2.17. The normalized spacial score (nSPS) is 13.2. The molecule has 1 rings (SSSR count). The van der Waals surface area contributed by atoms with Crippen molar-refractivity contribution in [1.29, 1.82) is 5.26 Å². The number of nitrogens with one attached hydrogen (secondary N) is 1. The molecular formula is C10H18N6O3S. The summed E-state index contributed by atoms with van der Waals surface area (Å²) in [6.07, 6.45) is 0. The monoisotopic (exact) mass is 302 g/mol. The largest absolute Gasteiger partial charge is 0.344 e. The Balaban J connectivity index is 2.60. The molecule has 0 amide bonds. The molecule has 0 aliphatic heterocycles. The summed E-state index contributed by atoms with van der Waals surface area (Å²) in [4.78, 5) is 5.64. The summed E-state index contributed by atoms with van der Waals surface area (Å²) >= 11 is 0. The number of hydrogen-bond donors (Lipinski definition) is 1. The predicted octanol–water partition coefficient (Wildman–Crippen LogP) is -0.439. The van der Waals surface area contributed by atoms with Gasteiger partial charge in [-0.3, -0.25) is 0 Å². The van der Waals surface area contributed by atoms with E-state index in [1.165, 1.54) is 7.05 Å². The van der Waals surface area contributed by atoms with Crippen molar-refractivity contribution in [3.63, 3.8) is 0 Å². The van der Waals surface area contributed by atoms with Crippen LogP contribution in [0.1, 0.15) is 12.8 Å². The molecule has 1 heterocycles. The van der Waals surface area contributed by atoms with Crippen LogP contribution in [-0.4, -0.2) is 50.6 Å². The third-order valence-corrected chi connectivity index (χ3v) is 3.90. The quantitative estimate of drug-likeness (QED) is 0.726. The molecule has 0 saturated heterocycles. The Morgan fingerprint density at radius 1 is 1.45 bits per heavy atom. The van der Waals surface area contributed by atoms with Crippen molar-refractivity contribution in [2.75, 3.05) is 32.6 Å². The molecule has 10 heteroatoms. The summed E-state index contributed by atoms with van der Waals surface area (Å²) < 4.78 is 32.1. The van der Waals surface area contributed by atoms with Gasteiger partial charge < -0.3 is 9.42 Å². The van der Waals surface area contributed by atoms with Gasteiger partial charge >= 0.3 is 0 Å². The maximum absolute atomic E-state index is 11.9. The molecule has 9 nitrogen and oxygen atoms in total. The zero-order chi connectivity index (χ0) is 15.3. The minimum Gasteiger partial charge on any atom is -0.344 e. The SMILES string of the molecule is CC(C#N)CN(C)S(=O)(=O)NCc1nc(N(C)C)no1. The molecule has 0 aromatic carbocycles. The predicted molar refractivity (Wildman–Crippen MR) is 71.8 cm³/mol. The van der Waals surface area contributed by atoms with E-state index in [9.17, 15) is 8.42 Å². The van der Waals surface area contributed by atoms with E-state index in [2.05, 4.69) is 14.9 Å². The first-order valence-electron chi connectivity index (χ1n) is 5.86. The van der Waals surface area contributed by atoms with Gasteiger partial charge in [0.25, 0.3) is 16.2 Å². The Kier molecular flexibility index (Phi) is 5.43. The van der Waals surface area contributed by atoms with Gasteiger partial charge in [0.1, 0.15) is 0 Å². The van der Waals surface area contributed by atoms with E-state index in [1.807, 2.05) is 6.07 Å². The first-order valence-corrected chi connectivity index (χ1v) is 7.30. The van der Waals surface area contributed by atoms with Gasteiger partial charge in [-0.05, 0) is 12.1 Å². The van der Waals surface area contributed by atoms with Crippen molar-refractivity contribution in [2.24, 2.45) is 5.92 Å². The van der Waals surface area contributed by atoms with E-state index in [1.54, 1.807) is 25.9 Å². The molecule has 0 bridgehead atoms. The fraction of sp³-hybridized carbons (Fsp3) is 0.700. The highest BCUT2D eigenvalue weighted by Gasteiger charge is 2.20. The second kappa shape index (κ2) is 6.65. The molecule has 112 valence electrons. The summed E-state index contributed by atoms with van der Waals surface area (Å²) in [5.41, 5.74) is 0. The molecule has 0 fully saturated rings. The first kappa shape index (κ1) is 16.4. The number of nitriles is 1. The van der Waals surface area contributed by atoms with Gasteiger partial charge in [-0.2, -0.15) is 27.7 Å². The summed E-state index contributed by atoms with van der Waals surface area (Å²) in [5, 5.41) is 12.4. The highest BCUT2D eigenvalue weighted by Crippen LogP contribution is 2.06. The molecule has 0 spiro atoms. The van der Waals surface area contributed by atoms with Crippen LogP contribution in [0.5, 0.6) is 0 Å². The highest BCUT2D eigenvalue weighted by molar-refractivity contribution is 7.87. The summed E-state index contributed by atoms with van der Waals surface area (Å²) in [6.45, 7) is 1.65. The fourth-order valence-electron chi connectivity index (χ4n) is 1.29. The smallest absolute Gasteiger partial charge is 0.279 e. The molecule has 0 aliphatic carbocycles. The summed E-state index contributed by atoms with van der Waals surface area (Å²) in [5.74, 6) is 0.144. The van der Waals surface area contributed by atoms with Crippen LogP contribution < -0.4 is 9.62 Å². The Morgan fingerprint density at radius 2 is 2.10 bits per heavy atom. The van der Waals surface area contributed by atoms with Gasteiger partial charge in [0.2, 0.25) is 5.89 Å². The second-order valence-electron chi connectivity index (χ2n) is 4.52. The van der Waals surface area contributed by atoms with Gasteiger partial charge in [0.15, 0.2) is 0 Å². The fourth-order valence-corrected chi connectivity index (χ4v) is 2.23. The lowest BCUT2D eigenvalue weighted by Crippen LogP contribution is -2.39. The van der Waals surface area contributed by atoms with Crippen LogP contribution in [0.4, 0.5) is 5.95 Å². The maximum atomic E-state index is 11.9. The van der Waals surface area contributed by atoms with Crippen LogP contribution in [0.3, 0.4) is 0 Å². The molecule has 1 aromatic rings. The summed E-state index contributed by atoms with van der Waals surface area (Å²) in [6, 6.07) is 1.98. The van der Waals surface area contributed by atoms with Gasteiger partial charge in [0.05, 0.1) is 18.5 Å². The van der Waals surface area contributed by atoms with Crippen molar-refractivity contribution in [3.8, 4) is 6.07 Å². The van der Waals surface area contributed by atoms with Crippen molar-refractivity contribution < 1.29 is 12.9 Å². The van der Waals surface area contributed by atoms with Crippen molar-refractivity contribution in [1.82, 2.24) is 19.2 Å². The van der Waals surface area contributed by atoms with Crippen molar-refractivity contribution in [3.05, 3.63) is 5.89 Å². The molecule has 20 heavy (non-hydrogen) atoms. The second-order valence-corrected chi connectivity index (χ2v) is 6.38. The molecule has 0 radical (unpaired) electrons. The van der Waals surface area contributed by atoms with Crippen LogP contribution in [0.15, 0.2) is 4.52 Å². The van der Waals surface area contributed by atoms with E-state index in [-0.39, 0.29) is 24.9 Å². The van der Waals surface area contributed by atoms with Crippen molar-refractivity contribution >= 4 is 16.2 Å². The van der Waals surface area contributed by atoms with Crippen LogP contribution in [0.25, 0.3) is 0 Å². The standard InChI is InChI=1S/C10H18N6O3S/c1-8(5-11)7-16(4)20(17,18)12-6-9-13-10(14-19-9)15(2)3/h8,12H,6-7H2,1-4H3. The van der Waals surface area contributed by atoms with E-state index < -0.39 is 10.2 Å². The van der Waals surface area contributed by atoms with Gasteiger partial charge in [-0.15, -0.1) is 0 Å². The number of anilines is 1. The topological polar surface area (TPSA) is 115 Å². The molecule has 1 aromatic heterocycles. The Bertz CT molecular complexity index is 576. The highest BCUT2D eigenvalue weighted by atomic mass is 32.2. The molecule has 1 atom stereocenters. The summed E-state index contributed by atoms with van der Waals surface area (Å²) in [7, 11) is 1.21. The van der Waals surface area contributed by atoms with Gasteiger partial charge in [-0.1, -0.05) is 0 Å². The van der Waals surface area contributed by atoms with E-state index in [0.29, 0.717) is 5.95 Å². The van der Waals surface area contributed by atoms with E-state index in [4.69, 9.17) is 9.78 Å². The number of rotatable bonds is 7. The van der Waals surface area contributed by atoms with E-state index in [0.717, 1.165) is 4.31 Å². The lowest BCUT2D eigenvalue weighted by atomic mass is 10.2. The Labute approximate surface area is 118 Å². The molecular weight excluding hydrogens is 284 g/mol. The molecule has 1 unspecified atom stereocenters. The van der Waals surface area contributed by atoms with Crippen LogP contribution >= 0.6 is 0 Å². The minimum absolute atomic E-state index is 0.103. The average Bonchev–Trinajstić information content (AvgIpc) is 2.85. The Hall–Kier alpha value is -1.70. The number of nitrogens with zero attached hydrogens (tertiary/aromatic N) is 5. The van der Waals surface area contributed by atoms with Crippen LogP contribution in [-0.2, 0) is 16.8 Å². The third kappa shape index (κ3) is 4.44. The molecule has 1 N–H and O–H groups in total. The lowest BCUT2D eigenvalue weighted by molar-refractivity contribution is 0.370. The number of aromatic nitrogens is 2. The van der Waals surface area contributed by atoms with Crippen LogP contribution in [0.2, 0.25) is 0 Å². The van der Waals surface area contributed by atoms with Crippen molar-refractivity contribution in [2.45, 2.75) is 13.5 Å². The third-order valence-electron chi connectivity index (χ3n) is 2.42. The first-order chi connectivity index (χ1) is 9.26. The molecule has 0 saturated carbocycles. The van der Waals surface area contributed by atoms with Gasteiger partial charge in [0, 0.05) is 27.7 Å². The molecule has 0 aliphatic rings. The maximum Gasteiger partial charge on any atom is 0.279 e. The van der Waals surface area contributed by atoms with Gasteiger partial charge in [-0.25, -0.2) is 0 Å². The minimum atomic E-state index is -3.68. The van der Waals surface area contributed by atoms with Crippen LogP contribution in [0, 0.1) is 17.2 Å². The zero-order valence-electron chi connectivity index (χ0n) is 11.9. The average molecular weight is 302 g/mol.